The van der Waals surface area contributed by atoms with Crippen LogP contribution in [0.5, 0.6) is 5.75 Å². The highest BCUT2D eigenvalue weighted by atomic mass is 16.5. The maximum Gasteiger partial charge on any atom is 0.223 e. The van der Waals surface area contributed by atoms with E-state index in [1.807, 2.05) is 36.7 Å². The lowest BCUT2D eigenvalue weighted by molar-refractivity contribution is -0.131. The van der Waals surface area contributed by atoms with Crippen molar-refractivity contribution < 1.29 is 9.53 Å². The van der Waals surface area contributed by atoms with Crippen molar-refractivity contribution in [2.24, 2.45) is 7.05 Å². The average molecular weight is 434 g/mol. The van der Waals surface area contributed by atoms with Crippen LogP contribution in [-0.2, 0) is 37.9 Å². The lowest BCUT2D eigenvalue weighted by Gasteiger charge is -2.22. The molecule has 0 bridgehead atoms. The van der Waals surface area contributed by atoms with E-state index in [2.05, 4.69) is 52.2 Å². The van der Waals surface area contributed by atoms with Gasteiger partial charge in [-0.3, -0.25) is 19.4 Å². The Morgan fingerprint density at radius 1 is 1.12 bits per heavy atom. The summed E-state index contributed by atoms with van der Waals surface area (Å²) in [4.78, 5) is 21.3. The van der Waals surface area contributed by atoms with Gasteiger partial charge in [0.05, 0.1) is 12.7 Å². The normalized spacial score (nSPS) is 13.5. The molecule has 7 nitrogen and oxygen atoms in total. The first-order valence-corrected chi connectivity index (χ1v) is 11.2. The van der Waals surface area contributed by atoms with Crippen LogP contribution in [0.2, 0.25) is 0 Å². The molecular weight excluding hydrogens is 402 g/mol. The second-order valence-electron chi connectivity index (χ2n) is 8.29. The van der Waals surface area contributed by atoms with Crippen LogP contribution in [0.3, 0.4) is 0 Å². The first-order chi connectivity index (χ1) is 15.6. The molecule has 1 aliphatic rings. The molecule has 0 saturated heterocycles. The largest absolute Gasteiger partial charge is 0.491 e. The predicted molar refractivity (Wildman–Crippen MR) is 123 cm³/mol. The molecule has 0 atom stereocenters. The fourth-order valence-corrected chi connectivity index (χ4v) is 4.05. The van der Waals surface area contributed by atoms with Crippen LogP contribution in [-0.4, -0.2) is 50.2 Å². The van der Waals surface area contributed by atoms with E-state index in [-0.39, 0.29) is 5.91 Å². The van der Waals surface area contributed by atoms with Crippen molar-refractivity contribution in [3.05, 3.63) is 77.4 Å². The molecule has 168 valence electrons. The van der Waals surface area contributed by atoms with Crippen molar-refractivity contribution >= 4 is 5.91 Å². The number of rotatable bonds is 8. The van der Waals surface area contributed by atoms with E-state index < -0.39 is 0 Å². The maximum atomic E-state index is 12.9. The van der Waals surface area contributed by atoms with E-state index in [9.17, 15) is 4.79 Å². The third-order valence-corrected chi connectivity index (χ3v) is 5.85. The van der Waals surface area contributed by atoms with Crippen molar-refractivity contribution in [3.8, 4) is 5.75 Å². The zero-order valence-corrected chi connectivity index (χ0v) is 18.9. The Balaban J connectivity index is 1.40. The lowest BCUT2D eigenvalue weighted by Crippen LogP contribution is -2.32. The van der Waals surface area contributed by atoms with Crippen LogP contribution in [0, 0.1) is 0 Å². The highest BCUT2D eigenvalue weighted by Gasteiger charge is 2.20. The number of hydrogen-bond donors (Lipinski definition) is 0. The van der Waals surface area contributed by atoms with Gasteiger partial charge in [0.25, 0.3) is 0 Å². The SMILES string of the molecule is CCN(Cc1ccncc1)Cc1ccc2c(c1)CN(C(=O)CCc1cnn(C)c1)CCO2. The van der Waals surface area contributed by atoms with Crippen LogP contribution in [0.15, 0.2) is 55.1 Å². The van der Waals surface area contributed by atoms with Crippen molar-refractivity contribution in [1.29, 1.82) is 0 Å². The Bertz CT molecular complexity index is 1030. The molecule has 0 radical (unpaired) electrons. The molecule has 2 aromatic heterocycles. The molecule has 1 amide bonds. The molecule has 4 rings (SSSR count). The van der Waals surface area contributed by atoms with Gasteiger partial charge in [-0.15, -0.1) is 0 Å². The molecule has 0 unspecified atom stereocenters. The quantitative estimate of drug-likeness (QED) is 0.546. The monoisotopic (exact) mass is 433 g/mol. The number of aryl methyl sites for hydroxylation is 2. The number of aromatic nitrogens is 3. The molecule has 3 heterocycles. The third kappa shape index (κ3) is 5.73. The number of hydrogen-bond acceptors (Lipinski definition) is 5. The van der Waals surface area contributed by atoms with E-state index in [1.165, 1.54) is 11.1 Å². The van der Waals surface area contributed by atoms with Crippen LogP contribution in [0.25, 0.3) is 0 Å². The minimum Gasteiger partial charge on any atom is -0.491 e. The van der Waals surface area contributed by atoms with Crippen molar-refractivity contribution in [2.45, 2.75) is 39.4 Å². The van der Waals surface area contributed by atoms with Crippen LogP contribution < -0.4 is 4.74 Å². The molecule has 1 aromatic carbocycles. The van der Waals surface area contributed by atoms with Crippen molar-refractivity contribution in [1.82, 2.24) is 24.6 Å². The third-order valence-electron chi connectivity index (χ3n) is 5.85. The molecule has 1 aliphatic heterocycles. The van der Waals surface area contributed by atoms with E-state index >= 15 is 0 Å². The Kier molecular flexibility index (Phi) is 7.17. The summed E-state index contributed by atoms with van der Waals surface area (Å²) in [7, 11) is 1.89. The van der Waals surface area contributed by atoms with Gasteiger partial charge in [-0.1, -0.05) is 13.0 Å². The van der Waals surface area contributed by atoms with Gasteiger partial charge in [0, 0.05) is 57.3 Å². The van der Waals surface area contributed by atoms with Crippen LogP contribution in [0.4, 0.5) is 0 Å². The van der Waals surface area contributed by atoms with E-state index in [0.717, 1.165) is 36.5 Å². The molecule has 0 N–H and O–H groups in total. The molecule has 0 fully saturated rings. The fraction of sp³-hybridized carbons (Fsp3) is 0.400. The van der Waals surface area contributed by atoms with Crippen molar-refractivity contribution in [3.63, 3.8) is 0 Å². The molecule has 7 heteroatoms. The van der Waals surface area contributed by atoms with Crippen molar-refractivity contribution in [2.75, 3.05) is 19.7 Å². The summed E-state index contributed by atoms with van der Waals surface area (Å²) in [6, 6.07) is 10.5. The average Bonchev–Trinajstić information content (AvgIpc) is 3.10. The van der Waals surface area contributed by atoms with Gasteiger partial charge in [0.15, 0.2) is 0 Å². The number of carbonyl (C=O) groups is 1. The summed E-state index contributed by atoms with van der Waals surface area (Å²) in [5.41, 5.74) is 4.65. The zero-order valence-electron chi connectivity index (χ0n) is 18.9. The Labute approximate surface area is 189 Å². The van der Waals surface area contributed by atoms with Gasteiger partial charge in [0.2, 0.25) is 5.91 Å². The smallest absolute Gasteiger partial charge is 0.223 e. The van der Waals surface area contributed by atoms with E-state index in [1.54, 1.807) is 4.68 Å². The number of nitrogens with zero attached hydrogens (tertiary/aromatic N) is 5. The first-order valence-electron chi connectivity index (χ1n) is 11.2. The maximum absolute atomic E-state index is 12.9. The summed E-state index contributed by atoms with van der Waals surface area (Å²) in [6.45, 7) is 6.58. The molecule has 0 saturated carbocycles. The summed E-state index contributed by atoms with van der Waals surface area (Å²) in [5, 5.41) is 4.18. The van der Waals surface area contributed by atoms with Gasteiger partial charge in [-0.2, -0.15) is 5.10 Å². The number of ether oxygens (including phenoxy) is 1. The van der Waals surface area contributed by atoms with E-state index in [0.29, 0.717) is 32.5 Å². The molecular formula is C25H31N5O2. The molecule has 0 spiro atoms. The van der Waals surface area contributed by atoms with Gasteiger partial charge < -0.3 is 9.64 Å². The predicted octanol–water partition coefficient (Wildman–Crippen LogP) is 3.19. The van der Waals surface area contributed by atoms with Crippen LogP contribution >= 0.6 is 0 Å². The number of pyridine rings is 1. The molecule has 32 heavy (non-hydrogen) atoms. The lowest BCUT2D eigenvalue weighted by atomic mass is 10.1. The Morgan fingerprint density at radius 2 is 1.94 bits per heavy atom. The highest BCUT2D eigenvalue weighted by molar-refractivity contribution is 5.76. The van der Waals surface area contributed by atoms with Gasteiger partial charge in [-0.25, -0.2) is 0 Å². The number of benzene rings is 1. The number of carbonyl (C=O) groups excluding carboxylic acids is 1. The van der Waals surface area contributed by atoms with E-state index in [4.69, 9.17) is 4.74 Å². The van der Waals surface area contributed by atoms with Gasteiger partial charge in [-0.05, 0) is 53.9 Å². The topological polar surface area (TPSA) is 63.5 Å². The summed E-state index contributed by atoms with van der Waals surface area (Å²) in [5.74, 6) is 1.04. The molecule has 3 aromatic rings. The summed E-state index contributed by atoms with van der Waals surface area (Å²) in [6.07, 6.45) is 8.65. The minimum absolute atomic E-state index is 0.156. The van der Waals surface area contributed by atoms with Crippen LogP contribution in [0.1, 0.15) is 35.6 Å². The second-order valence-corrected chi connectivity index (χ2v) is 8.29. The number of fused-ring (bicyclic) bond motifs is 1. The highest BCUT2D eigenvalue weighted by Crippen LogP contribution is 2.26. The molecule has 0 aliphatic carbocycles. The van der Waals surface area contributed by atoms with Gasteiger partial charge >= 0.3 is 0 Å². The fourth-order valence-electron chi connectivity index (χ4n) is 4.05. The summed E-state index contributed by atoms with van der Waals surface area (Å²) < 4.78 is 7.72. The Hall–Kier alpha value is -3.19. The number of amides is 1. The summed E-state index contributed by atoms with van der Waals surface area (Å²) >= 11 is 0. The van der Waals surface area contributed by atoms with Gasteiger partial charge in [0.1, 0.15) is 12.4 Å². The zero-order chi connectivity index (χ0) is 22.3. The Morgan fingerprint density at radius 3 is 2.69 bits per heavy atom. The standard InChI is InChI=1S/C25H31N5O2/c1-3-29(17-20-8-10-26-11-9-20)18-21-4-6-24-23(14-21)19-30(12-13-32-24)25(31)7-5-22-15-27-28(2)16-22/h4,6,8-11,14-16H,3,5,7,12-13,17-19H2,1-2H3. The minimum atomic E-state index is 0.156. The second kappa shape index (κ2) is 10.4. The first kappa shape index (κ1) is 22.0.